The smallest absolute Gasteiger partial charge is 0.191 e. The topological polar surface area (TPSA) is 3.88 Å². The Labute approximate surface area is 122 Å². The van der Waals surface area contributed by atoms with E-state index in [0.717, 1.165) is 11.8 Å². The summed E-state index contributed by atoms with van der Waals surface area (Å²) in [6.07, 6.45) is 4.76. The van der Waals surface area contributed by atoms with E-state index in [4.69, 9.17) is 0 Å². The van der Waals surface area contributed by atoms with Crippen LogP contribution in [-0.4, -0.2) is 0 Å². The lowest BCUT2D eigenvalue weighted by atomic mass is 9.90. The average Bonchev–Trinajstić information content (AvgIpc) is 2.79. The number of hydrogen-bond acceptors (Lipinski definition) is 0. The van der Waals surface area contributed by atoms with Crippen molar-refractivity contribution in [3.63, 3.8) is 0 Å². The molecule has 1 nitrogen and oxygen atoms in total. The normalized spacial score (nSPS) is 17.9. The van der Waals surface area contributed by atoms with Gasteiger partial charge in [-0.25, -0.2) is 0 Å². The molecule has 0 amide bonds. The van der Waals surface area contributed by atoms with Gasteiger partial charge in [0.15, 0.2) is 12.2 Å². The van der Waals surface area contributed by atoms with E-state index in [-0.39, 0.29) is 0 Å². The zero-order valence-electron chi connectivity index (χ0n) is 12.7. The summed E-state index contributed by atoms with van der Waals surface area (Å²) in [5.41, 5.74) is 4.27. The Hall–Kier alpha value is -1.63. The van der Waals surface area contributed by atoms with Crippen molar-refractivity contribution in [1.29, 1.82) is 0 Å². The van der Waals surface area contributed by atoms with Crippen molar-refractivity contribution in [2.75, 3.05) is 0 Å². The van der Waals surface area contributed by atoms with Gasteiger partial charge in [0.05, 0.1) is 5.56 Å². The van der Waals surface area contributed by atoms with E-state index in [0.29, 0.717) is 6.04 Å². The first-order valence-electron chi connectivity index (χ1n) is 7.78. The predicted molar refractivity (Wildman–Crippen MR) is 83.4 cm³/mol. The van der Waals surface area contributed by atoms with Crippen LogP contribution in [-0.2, 0) is 0 Å². The Bertz CT molecular complexity index is 555. The van der Waals surface area contributed by atoms with Gasteiger partial charge in [-0.2, -0.15) is 4.57 Å². The van der Waals surface area contributed by atoms with Gasteiger partial charge in [-0.05, 0) is 30.4 Å². The van der Waals surface area contributed by atoms with Gasteiger partial charge in [-0.1, -0.05) is 39.0 Å². The molecule has 104 valence electrons. The summed E-state index contributed by atoms with van der Waals surface area (Å²) in [5, 5.41) is 0. The van der Waals surface area contributed by atoms with Crippen molar-refractivity contribution in [1.82, 2.24) is 0 Å². The minimum Gasteiger partial charge on any atom is -0.191 e. The SMILES string of the molecule is CC(C)C(C)CCC1c2ccccc2-c2cccc[n+]21. The van der Waals surface area contributed by atoms with Gasteiger partial charge in [-0.15, -0.1) is 0 Å². The summed E-state index contributed by atoms with van der Waals surface area (Å²) in [4.78, 5) is 0. The third kappa shape index (κ3) is 2.26. The minimum absolute atomic E-state index is 0.517. The molecular formula is C19H24N+. The fraction of sp³-hybridized carbons (Fsp3) is 0.421. The number of aromatic nitrogens is 1. The van der Waals surface area contributed by atoms with Gasteiger partial charge < -0.3 is 0 Å². The summed E-state index contributed by atoms with van der Waals surface area (Å²) >= 11 is 0. The molecule has 2 aromatic rings. The molecule has 0 saturated carbocycles. The van der Waals surface area contributed by atoms with Crippen LogP contribution in [0.2, 0.25) is 0 Å². The predicted octanol–water partition coefficient (Wildman–Crippen LogP) is 4.62. The fourth-order valence-electron chi connectivity index (χ4n) is 3.18. The van der Waals surface area contributed by atoms with Crippen molar-refractivity contribution in [3.8, 4) is 11.3 Å². The van der Waals surface area contributed by atoms with Gasteiger partial charge in [0.2, 0.25) is 5.69 Å². The van der Waals surface area contributed by atoms with Gasteiger partial charge in [0.1, 0.15) is 0 Å². The third-order valence-corrected chi connectivity index (χ3v) is 4.86. The molecule has 0 saturated heterocycles. The summed E-state index contributed by atoms with van der Waals surface area (Å²) in [6, 6.07) is 15.9. The molecule has 0 aliphatic carbocycles. The van der Waals surface area contributed by atoms with Crippen molar-refractivity contribution in [3.05, 3.63) is 54.2 Å². The second-order valence-electron chi connectivity index (χ2n) is 6.39. The molecule has 2 atom stereocenters. The third-order valence-electron chi connectivity index (χ3n) is 4.86. The van der Waals surface area contributed by atoms with Crippen LogP contribution in [0.3, 0.4) is 0 Å². The van der Waals surface area contributed by atoms with Gasteiger partial charge in [0, 0.05) is 24.1 Å². The number of benzene rings is 1. The molecule has 1 heteroatoms. The number of fused-ring (bicyclic) bond motifs is 3. The lowest BCUT2D eigenvalue weighted by molar-refractivity contribution is -0.698. The number of rotatable bonds is 4. The van der Waals surface area contributed by atoms with E-state index in [1.807, 2.05) is 0 Å². The van der Waals surface area contributed by atoms with Crippen LogP contribution >= 0.6 is 0 Å². The van der Waals surface area contributed by atoms with Crippen LogP contribution in [0, 0.1) is 11.8 Å². The van der Waals surface area contributed by atoms with Gasteiger partial charge in [0.25, 0.3) is 0 Å². The molecule has 1 aromatic heterocycles. The monoisotopic (exact) mass is 266 g/mol. The number of hydrogen-bond donors (Lipinski definition) is 0. The molecule has 3 rings (SSSR count). The molecule has 0 spiro atoms. The molecule has 2 heterocycles. The molecular weight excluding hydrogens is 242 g/mol. The summed E-state index contributed by atoms with van der Waals surface area (Å²) < 4.78 is 2.46. The van der Waals surface area contributed by atoms with Crippen LogP contribution in [0.4, 0.5) is 0 Å². The first-order valence-corrected chi connectivity index (χ1v) is 7.78. The average molecular weight is 266 g/mol. The molecule has 0 N–H and O–H groups in total. The molecule has 0 bridgehead atoms. The number of nitrogens with zero attached hydrogens (tertiary/aromatic N) is 1. The lowest BCUT2D eigenvalue weighted by Crippen LogP contribution is -2.37. The molecule has 20 heavy (non-hydrogen) atoms. The van der Waals surface area contributed by atoms with E-state index in [1.165, 1.54) is 29.7 Å². The van der Waals surface area contributed by atoms with Crippen molar-refractivity contribution in [2.45, 2.75) is 39.7 Å². The Balaban J connectivity index is 1.91. The maximum atomic E-state index is 2.46. The highest BCUT2D eigenvalue weighted by Crippen LogP contribution is 2.36. The molecule has 0 fully saturated rings. The molecule has 1 aromatic carbocycles. The maximum Gasteiger partial charge on any atom is 0.213 e. The van der Waals surface area contributed by atoms with E-state index in [1.54, 1.807) is 0 Å². The Morgan fingerprint density at radius 2 is 1.75 bits per heavy atom. The van der Waals surface area contributed by atoms with Crippen LogP contribution in [0.15, 0.2) is 48.7 Å². The van der Waals surface area contributed by atoms with E-state index >= 15 is 0 Å². The van der Waals surface area contributed by atoms with Crippen LogP contribution in [0.1, 0.15) is 45.2 Å². The Morgan fingerprint density at radius 1 is 1.00 bits per heavy atom. The minimum atomic E-state index is 0.517. The van der Waals surface area contributed by atoms with Crippen molar-refractivity contribution >= 4 is 0 Å². The molecule has 1 aliphatic rings. The second kappa shape index (κ2) is 5.40. The summed E-state index contributed by atoms with van der Waals surface area (Å²) in [7, 11) is 0. The van der Waals surface area contributed by atoms with Crippen molar-refractivity contribution < 1.29 is 4.57 Å². The zero-order chi connectivity index (χ0) is 14.1. The quantitative estimate of drug-likeness (QED) is 0.711. The highest BCUT2D eigenvalue weighted by Gasteiger charge is 2.35. The van der Waals surface area contributed by atoms with E-state index < -0.39 is 0 Å². The van der Waals surface area contributed by atoms with Gasteiger partial charge >= 0.3 is 0 Å². The second-order valence-corrected chi connectivity index (χ2v) is 6.39. The molecule has 0 radical (unpaired) electrons. The van der Waals surface area contributed by atoms with Crippen LogP contribution in [0.5, 0.6) is 0 Å². The van der Waals surface area contributed by atoms with Crippen LogP contribution in [0.25, 0.3) is 11.3 Å². The van der Waals surface area contributed by atoms with Crippen molar-refractivity contribution in [2.24, 2.45) is 11.8 Å². The standard InChI is InChI=1S/C19H24N/c1-14(2)15(3)11-12-19-17-9-5-4-8-16(17)18-10-6-7-13-20(18)19/h4-10,13-15,19H,11-12H2,1-3H3/q+1. The largest absolute Gasteiger partial charge is 0.213 e. The summed E-state index contributed by atoms with van der Waals surface area (Å²) in [6.45, 7) is 7.03. The highest BCUT2D eigenvalue weighted by molar-refractivity contribution is 5.64. The first-order chi connectivity index (χ1) is 9.68. The molecule has 2 unspecified atom stereocenters. The first kappa shape index (κ1) is 13.4. The zero-order valence-corrected chi connectivity index (χ0v) is 12.7. The Morgan fingerprint density at radius 3 is 2.55 bits per heavy atom. The Kier molecular flexibility index (Phi) is 3.60. The summed E-state index contributed by atoms with van der Waals surface area (Å²) in [5.74, 6) is 1.56. The highest BCUT2D eigenvalue weighted by atomic mass is 15.0. The van der Waals surface area contributed by atoms with E-state index in [9.17, 15) is 0 Å². The van der Waals surface area contributed by atoms with Crippen LogP contribution < -0.4 is 4.57 Å². The lowest BCUT2D eigenvalue weighted by Gasteiger charge is -2.16. The van der Waals surface area contributed by atoms with Gasteiger partial charge in [-0.3, -0.25) is 0 Å². The van der Waals surface area contributed by atoms with E-state index in [2.05, 4.69) is 74.0 Å². The molecule has 1 aliphatic heterocycles. The fourth-order valence-corrected chi connectivity index (χ4v) is 3.18. The maximum absolute atomic E-state index is 2.46. The number of pyridine rings is 1.